The first-order chi connectivity index (χ1) is 8.22. The summed E-state index contributed by atoms with van der Waals surface area (Å²) in [7, 11) is 1.78. The highest BCUT2D eigenvalue weighted by Gasteiger charge is 2.27. The number of nitrogens with zero attached hydrogens (tertiary/aromatic N) is 1. The minimum Gasteiger partial charge on any atom is -0.453 e. The van der Waals surface area contributed by atoms with Crippen molar-refractivity contribution in [2.45, 2.75) is 31.5 Å². The molecule has 2 heterocycles. The Hall–Kier alpha value is -0.360. The second kappa shape index (κ2) is 6.00. The fraction of sp³-hybridized carbons (Fsp3) is 0.667. The van der Waals surface area contributed by atoms with Gasteiger partial charge in [-0.1, -0.05) is 0 Å². The standard InChI is InChI=1S/C12H19BrN2O2/c1-16-10-4-5-15(9(6-10)7-14)8-11-2-3-12(13)17-11/h2-3,9-10H,4-8,14H2,1H3. The Morgan fingerprint density at radius 2 is 2.41 bits per heavy atom. The number of hydrogen-bond donors (Lipinski definition) is 1. The van der Waals surface area contributed by atoms with Crippen molar-refractivity contribution in [1.82, 2.24) is 4.90 Å². The van der Waals surface area contributed by atoms with Gasteiger partial charge in [0.15, 0.2) is 4.67 Å². The highest BCUT2D eigenvalue weighted by molar-refractivity contribution is 9.10. The summed E-state index contributed by atoms with van der Waals surface area (Å²) in [5.74, 6) is 0.978. The van der Waals surface area contributed by atoms with Crippen LogP contribution in [0.4, 0.5) is 0 Å². The maximum absolute atomic E-state index is 5.83. The summed E-state index contributed by atoms with van der Waals surface area (Å²) in [6.07, 6.45) is 2.42. The van der Waals surface area contributed by atoms with Gasteiger partial charge in [-0.05, 0) is 40.9 Å². The van der Waals surface area contributed by atoms with Gasteiger partial charge in [-0.2, -0.15) is 0 Å². The molecule has 0 aliphatic carbocycles. The summed E-state index contributed by atoms with van der Waals surface area (Å²) >= 11 is 3.32. The van der Waals surface area contributed by atoms with Gasteiger partial charge in [-0.25, -0.2) is 0 Å². The van der Waals surface area contributed by atoms with Gasteiger partial charge in [-0.15, -0.1) is 0 Å². The van der Waals surface area contributed by atoms with Crippen LogP contribution in [0.25, 0.3) is 0 Å². The average molecular weight is 303 g/mol. The summed E-state index contributed by atoms with van der Waals surface area (Å²) in [6.45, 7) is 2.50. The van der Waals surface area contributed by atoms with Crippen molar-refractivity contribution in [3.63, 3.8) is 0 Å². The molecule has 2 N–H and O–H groups in total. The van der Waals surface area contributed by atoms with Crippen molar-refractivity contribution < 1.29 is 9.15 Å². The summed E-state index contributed by atoms with van der Waals surface area (Å²) in [4.78, 5) is 2.38. The van der Waals surface area contributed by atoms with Crippen LogP contribution in [0.5, 0.6) is 0 Å². The zero-order chi connectivity index (χ0) is 12.3. The Kier molecular flexibility index (Phi) is 4.62. The van der Waals surface area contributed by atoms with Crippen molar-refractivity contribution >= 4 is 15.9 Å². The quantitative estimate of drug-likeness (QED) is 0.924. The lowest BCUT2D eigenvalue weighted by Gasteiger charge is -2.37. The van der Waals surface area contributed by atoms with E-state index in [1.807, 2.05) is 12.1 Å². The van der Waals surface area contributed by atoms with Crippen LogP contribution < -0.4 is 5.73 Å². The first kappa shape index (κ1) is 13.1. The van der Waals surface area contributed by atoms with E-state index in [2.05, 4.69) is 20.8 Å². The van der Waals surface area contributed by atoms with Crippen LogP contribution in [-0.4, -0.2) is 37.2 Å². The fourth-order valence-electron chi connectivity index (χ4n) is 2.37. The molecule has 1 aromatic rings. The van der Waals surface area contributed by atoms with E-state index in [0.29, 0.717) is 18.7 Å². The van der Waals surface area contributed by atoms with Crippen molar-refractivity contribution in [1.29, 1.82) is 0 Å². The normalized spacial score (nSPS) is 26.3. The molecule has 1 saturated heterocycles. The second-order valence-corrected chi connectivity index (χ2v) is 5.23. The Bertz CT molecular complexity index is 356. The third kappa shape index (κ3) is 3.31. The van der Waals surface area contributed by atoms with Gasteiger partial charge >= 0.3 is 0 Å². The molecule has 1 aromatic heterocycles. The Balaban J connectivity index is 1.95. The van der Waals surface area contributed by atoms with Crippen LogP contribution in [0.15, 0.2) is 21.2 Å². The van der Waals surface area contributed by atoms with E-state index < -0.39 is 0 Å². The highest BCUT2D eigenvalue weighted by atomic mass is 79.9. The topological polar surface area (TPSA) is 51.6 Å². The molecule has 96 valence electrons. The molecule has 1 aliphatic rings. The third-order valence-electron chi connectivity index (χ3n) is 3.38. The number of furan rings is 1. The van der Waals surface area contributed by atoms with Gasteiger partial charge in [0.05, 0.1) is 12.6 Å². The van der Waals surface area contributed by atoms with E-state index in [1.165, 1.54) is 0 Å². The molecule has 4 nitrogen and oxygen atoms in total. The molecule has 2 rings (SSSR count). The number of likely N-dealkylation sites (tertiary alicyclic amines) is 1. The van der Waals surface area contributed by atoms with Crippen molar-refractivity contribution in [2.24, 2.45) is 5.73 Å². The largest absolute Gasteiger partial charge is 0.453 e. The molecule has 0 aromatic carbocycles. The molecular weight excluding hydrogens is 284 g/mol. The molecule has 5 heteroatoms. The maximum atomic E-state index is 5.83. The molecule has 0 amide bonds. The van der Waals surface area contributed by atoms with Crippen LogP contribution in [0, 0.1) is 0 Å². The van der Waals surface area contributed by atoms with Crippen molar-refractivity contribution in [3.05, 3.63) is 22.6 Å². The van der Waals surface area contributed by atoms with Crippen molar-refractivity contribution in [2.75, 3.05) is 20.2 Å². The maximum Gasteiger partial charge on any atom is 0.169 e. The predicted octanol–water partition coefficient (Wildman–Crippen LogP) is 1.98. The van der Waals surface area contributed by atoms with E-state index in [-0.39, 0.29) is 0 Å². The number of piperidine rings is 1. The van der Waals surface area contributed by atoms with Gasteiger partial charge in [0.1, 0.15) is 5.76 Å². The van der Waals surface area contributed by atoms with Crippen LogP contribution in [0.1, 0.15) is 18.6 Å². The minimum atomic E-state index is 0.350. The van der Waals surface area contributed by atoms with E-state index in [1.54, 1.807) is 7.11 Å². The molecule has 0 spiro atoms. The van der Waals surface area contributed by atoms with Crippen LogP contribution in [0.2, 0.25) is 0 Å². The fourth-order valence-corrected chi connectivity index (χ4v) is 2.71. The molecular formula is C12H19BrN2O2. The Labute approximate surface area is 110 Å². The zero-order valence-corrected chi connectivity index (χ0v) is 11.6. The summed E-state index contributed by atoms with van der Waals surface area (Å²) in [6, 6.07) is 4.31. The third-order valence-corrected chi connectivity index (χ3v) is 3.81. The van der Waals surface area contributed by atoms with E-state index >= 15 is 0 Å². The predicted molar refractivity (Wildman–Crippen MR) is 69.7 cm³/mol. The zero-order valence-electron chi connectivity index (χ0n) is 10.1. The van der Waals surface area contributed by atoms with Crippen LogP contribution in [0.3, 0.4) is 0 Å². The summed E-state index contributed by atoms with van der Waals surface area (Å²) in [5.41, 5.74) is 5.83. The van der Waals surface area contributed by atoms with Gasteiger partial charge < -0.3 is 14.9 Å². The second-order valence-electron chi connectivity index (χ2n) is 4.45. The molecule has 17 heavy (non-hydrogen) atoms. The molecule has 0 radical (unpaired) electrons. The highest BCUT2D eigenvalue weighted by Crippen LogP contribution is 2.23. The van der Waals surface area contributed by atoms with Gasteiger partial charge in [0.2, 0.25) is 0 Å². The molecule has 0 saturated carbocycles. The van der Waals surface area contributed by atoms with E-state index in [9.17, 15) is 0 Å². The number of halogens is 1. The lowest BCUT2D eigenvalue weighted by molar-refractivity contribution is 0.00789. The Morgan fingerprint density at radius 3 is 3.00 bits per heavy atom. The number of nitrogens with two attached hydrogens (primary N) is 1. The smallest absolute Gasteiger partial charge is 0.169 e. The monoisotopic (exact) mass is 302 g/mol. The molecule has 2 unspecified atom stereocenters. The first-order valence-corrected chi connectivity index (χ1v) is 6.73. The summed E-state index contributed by atoms with van der Waals surface area (Å²) in [5, 5.41) is 0. The number of methoxy groups -OCH3 is 1. The number of hydrogen-bond acceptors (Lipinski definition) is 4. The van der Waals surface area contributed by atoms with E-state index in [0.717, 1.165) is 36.4 Å². The van der Waals surface area contributed by atoms with Crippen LogP contribution in [-0.2, 0) is 11.3 Å². The Morgan fingerprint density at radius 1 is 1.59 bits per heavy atom. The SMILES string of the molecule is COC1CCN(Cc2ccc(Br)o2)C(CN)C1. The lowest BCUT2D eigenvalue weighted by Crippen LogP contribution is -2.47. The minimum absolute atomic E-state index is 0.350. The molecule has 1 aliphatic heterocycles. The summed E-state index contributed by atoms with van der Waals surface area (Å²) < 4.78 is 11.7. The molecule has 2 atom stereocenters. The lowest BCUT2D eigenvalue weighted by atomic mass is 9.99. The van der Waals surface area contributed by atoms with Gasteiger partial charge in [0.25, 0.3) is 0 Å². The van der Waals surface area contributed by atoms with Gasteiger partial charge in [0, 0.05) is 26.2 Å². The number of ether oxygens (including phenoxy) is 1. The first-order valence-electron chi connectivity index (χ1n) is 5.94. The van der Waals surface area contributed by atoms with E-state index in [4.69, 9.17) is 14.9 Å². The molecule has 1 fully saturated rings. The number of rotatable bonds is 4. The van der Waals surface area contributed by atoms with Crippen molar-refractivity contribution in [3.8, 4) is 0 Å². The average Bonchev–Trinajstić information content (AvgIpc) is 2.75. The van der Waals surface area contributed by atoms with Gasteiger partial charge in [-0.3, -0.25) is 4.90 Å². The van der Waals surface area contributed by atoms with Crippen LogP contribution >= 0.6 is 15.9 Å². The molecule has 0 bridgehead atoms.